The molecule has 1 fully saturated rings. The molecule has 0 spiro atoms. The molecule has 1 heterocycles. The van der Waals surface area contributed by atoms with Gasteiger partial charge in [0.15, 0.2) is 0 Å². The molecule has 0 aromatic rings. The van der Waals surface area contributed by atoms with Crippen molar-refractivity contribution in [1.82, 2.24) is 15.5 Å². The van der Waals surface area contributed by atoms with Crippen LogP contribution in [0.5, 0.6) is 0 Å². The molecule has 0 aliphatic carbocycles. The predicted octanol–water partition coefficient (Wildman–Crippen LogP) is -2.04. The molecule has 0 aromatic carbocycles. The van der Waals surface area contributed by atoms with E-state index < -0.39 is 5.54 Å². The summed E-state index contributed by atoms with van der Waals surface area (Å²) in [5, 5.41) is 6.23. The smallest absolute Gasteiger partial charge is 0.240 e. The fourth-order valence-corrected chi connectivity index (χ4v) is 1.28. The number of amides is 1. The highest BCUT2D eigenvalue weighted by molar-refractivity contribution is 5.86. The summed E-state index contributed by atoms with van der Waals surface area (Å²) in [6.45, 7) is 3.00. The average Bonchev–Trinajstić information content (AvgIpc) is 1.93. The third-order valence-corrected chi connectivity index (χ3v) is 2.35. The zero-order valence-corrected chi connectivity index (χ0v) is 8.26. The first-order chi connectivity index (χ1) is 6.07. The molecule has 4 N–H and O–H groups in total. The monoisotopic (exact) mass is 186 g/mol. The summed E-state index contributed by atoms with van der Waals surface area (Å²) in [6, 6.07) is 0. The van der Waals surface area contributed by atoms with Gasteiger partial charge in [0.1, 0.15) is 5.54 Å². The fraction of sp³-hybridized carbons (Fsp3) is 0.875. The normalized spacial score (nSPS) is 19.9. The van der Waals surface area contributed by atoms with E-state index in [2.05, 4.69) is 15.5 Å². The van der Waals surface area contributed by atoms with E-state index in [-0.39, 0.29) is 5.91 Å². The molecular formula is C8H18N4O. The van der Waals surface area contributed by atoms with Gasteiger partial charge in [-0.3, -0.25) is 10.1 Å². The van der Waals surface area contributed by atoms with Crippen LogP contribution in [0.25, 0.3) is 0 Å². The Kier molecular flexibility index (Phi) is 3.24. The molecule has 76 valence electrons. The molecule has 1 amide bonds. The van der Waals surface area contributed by atoms with E-state index in [1.165, 1.54) is 0 Å². The van der Waals surface area contributed by atoms with Crippen molar-refractivity contribution in [3.63, 3.8) is 0 Å². The summed E-state index contributed by atoms with van der Waals surface area (Å²) in [7, 11) is 4.00. The number of likely N-dealkylation sites (N-methyl/N-ethyl adjacent to an activating group) is 1. The zero-order valence-electron chi connectivity index (χ0n) is 8.26. The third kappa shape index (κ3) is 2.40. The second kappa shape index (κ2) is 4.04. The van der Waals surface area contributed by atoms with Gasteiger partial charge in [-0.2, -0.15) is 0 Å². The summed E-state index contributed by atoms with van der Waals surface area (Å²) in [4.78, 5) is 13.1. The maximum atomic E-state index is 11.1. The molecule has 0 radical (unpaired) electrons. The number of rotatable bonds is 5. The number of nitrogens with zero attached hydrogens (tertiary/aromatic N) is 1. The van der Waals surface area contributed by atoms with Crippen molar-refractivity contribution in [2.75, 3.05) is 40.3 Å². The minimum Gasteiger partial charge on any atom is -0.368 e. The highest BCUT2D eigenvalue weighted by atomic mass is 16.1. The molecular weight excluding hydrogens is 168 g/mol. The molecule has 5 heteroatoms. The molecule has 5 nitrogen and oxygen atoms in total. The highest BCUT2D eigenvalue weighted by Crippen LogP contribution is 2.08. The van der Waals surface area contributed by atoms with Gasteiger partial charge in [0, 0.05) is 26.2 Å². The molecule has 0 unspecified atom stereocenters. The highest BCUT2D eigenvalue weighted by Gasteiger charge is 2.41. The van der Waals surface area contributed by atoms with Gasteiger partial charge in [-0.05, 0) is 14.1 Å². The molecule has 1 saturated heterocycles. The lowest BCUT2D eigenvalue weighted by Gasteiger charge is -2.40. The van der Waals surface area contributed by atoms with Crippen LogP contribution in [-0.2, 0) is 4.79 Å². The second-order valence-electron chi connectivity index (χ2n) is 3.78. The van der Waals surface area contributed by atoms with E-state index in [1.54, 1.807) is 0 Å². The van der Waals surface area contributed by atoms with Crippen LogP contribution in [0.1, 0.15) is 0 Å². The van der Waals surface area contributed by atoms with Gasteiger partial charge in [-0.1, -0.05) is 0 Å². The van der Waals surface area contributed by atoms with Crippen molar-refractivity contribution >= 4 is 5.91 Å². The molecule has 1 aliphatic heterocycles. The van der Waals surface area contributed by atoms with E-state index in [1.807, 2.05) is 14.1 Å². The van der Waals surface area contributed by atoms with Crippen molar-refractivity contribution in [3.8, 4) is 0 Å². The lowest BCUT2D eigenvalue weighted by molar-refractivity contribution is -0.126. The van der Waals surface area contributed by atoms with E-state index in [0.717, 1.165) is 13.1 Å². The van der Waals surface area contributed by atoms with Crippen molar-refractivity contribution in [1.29, 1.82) is 0 Å². The van der Waals surface area contributed by atoms with E-state index in [0.29, 0.717) is 13.1 Å². The SMILES string of the molecule is CN(C)CCNC1(C(N)=O)CNC1. The summed E-state index contributed by atoms with van der Waals surface area (Å²) >= 11 is 0. The molecule has 0 saturated carbocycles. The Morgan fingerprint density at radius 1 is 1.62 bits per heavy atom. The Bertz CT molecular complexity index is 189. The van der Waals surface area contributed by atoms with E-state index >= 15 is 0 Å². The Morgan fingerprint density at radius 3 is 2.54 bits per heavy atom. The van der Waals surface area contributed by atoms with Gasteiger partial charge in [-0.15, -0.1) is 0 Å². The number of nitrogens with one attached hydrogen (secondary N) is 2. The van der Waals surface area contributed by atoms with E-state index in [9.17, 15) is 4.79 Å². The van der Waals surface area contributed by atoms with Gasteiger partial charge in [-0.25, -0.2) is 0 Å². The Labute approximate surface area is 78.6 Å². The molecule has 0 bridgehead atoms. The Morgan fingerprint density at radius 2 is 2.23 bits per heavy atom. The lowest BCUT2D eigenvalue weighted by atomic mass is 9.91. The van der Waals surface area contributed by atoms with Crippen LogP contribution in [0.15, 0.2) is 0 Å². The minimum atomic E-state index is -0.490. The number of carbonyl (C=O) groups excluding carboxylic acids is 1. The topological polar surface area (TPSA) is 70.4 Å². The minimum absolute atomic E-state index is 0.259. The van der Waals surface area contributed by atoms with Gasteiger partial charge in [0.05, 0.1) is 0 Å². The van der Waals surface area contributed by atoms with Crippen LogP contribution < -0.4 is 16.4 Å². The van der Waals surface area contributed by atoms with Crippen LogP contribution in [0.4, 0.5) is 0 Å². The standard InChI is InChI=1S/C8H18N4O/c1-12(2)4-3-11-8(7(9)13)5-10-6-8/h10-11H,3-6H2,1-2H3,(H2,9,13). The summed E-state index contributed by atoms with van der Waals surface area (Å²) < 4.78 is 0. The summed E-state index contributed by atoms with van der Waals surface area (Å²) in [6.07, 6.45) is 0. The van der Waals surface area contributed by atoms with Crippen molar-refractivity contribution in [2.24, 2.45) is 5.73 Å². The predicted molar refractivity (Wildman–Crippen MR) is 51.4 cm³/mol. The van der Waals surface area contributed by atoms with Crippen LogP contribution in [0, 0.1) is 0 Å². The summed E-state index contributed by atoms with van der Waals surface area (Å²) in [5.41, 5.74) is 4.80. The van der Waals surface area contributed by atoms with Gasteiger partial charge in [0.25, 0.3) is 0 Å². The number of hydrogen-bond donors (Lipinski definition) is 3. The van der Waals surface area contributed by atoms with Gasteiger partial charge < -0.3 is 16.0 Å². The number of primary amides is 1. The van der Waals surface area contributed by atoms with Crippen molar-refractivity contribution in [3.05, 3.63) is 0 Å². The first kappa shape index (κ1) is 10.4. The zero-order chi connectivity index (χ0) is 9.90. The first-order valence-electron chi connectivity index (χ1n) is 4.47. The van der Waals surface area contributed by atoms with Crippen LogP contribution >= 0.6 is 0 Å². The van der Waals surface area contributed by atoms with Crippen molar-refractivity contribution < 1.29 is 4.79 Å². The maximum absolute atomic E-state index is 11.1. The van der Waals surface area contributed by atoms with E-state index in [4.69, 9.17) is 5.73 Å². The maximum Gasteiger partial charge on any atom is 0.240 e. The van der Waals surface area contributed by atoms with Crippen LogP contribution in [0.3, 0.4) is 0 Å². The quantitative estimate of drug-likeness (QED) is 0.463. The molecule has 13 heavy (non-hydrogen) atoms. The van der Waals surface area contributed by atoms with Gasteiger partial charge >= 0.3 is 0 Å². The summed E-state index contributed by atoms with van der Waals surface area (Å²) in [5.74, 6) is -0.259. The molecule has 1 rings (SSSR count). The lowest BCUT2D eigenvalue weighted by Crippen LogP contribution is -2.74. The Balaban J connectivity index is 2.28. The second-order valence-corrected chi connectivity index (χ2v) is 3.78. The van der Waals surface area contributed by atoms with Crippen molar-refractivity contribution in [2.45, 2.75) is 5.54 Å². The van der Waals surface area contributed by atoms with Crippen LogP contribution in [0.2, 0.25) is 0 Å². The molecule has 0 aromatic heterocycles. The molecule has 1 aliphatic rings. The Hall–Kier alpha value is -0.650. The first-order valence-corrected chi connectivity index (χ1v) is 4.47. The van der Waals surface area contributed by atoms with Gasteiger partial charge in [0.2, 0.25) is 5.91 Å². The third-order valence-electron chi connectivity index (χ3n) is 2.35. The largest absolute Gasteiger partial charge is 0.368 e. The fourth-order valence-electron chi connectivity index (χ4n) is 1.28. The molecule has 0 atom stereocenters. The average molecular weight is 186 g/mol. The number of nitrogens with two attached hydrogens (primary N) is 1. The number of carbonyl (C=O) groups is 1. The van der Waals surface area contributed by atoms with Crippen LogP contribution in [-0.4, -0.2) is 56.6 Å². The number of hydrogen-bond acceptors (Lipinski definition) is 4.